The van der Waals surface area contributed by atoms with Gasteiger partial charge in [0.25, 0.3) is 0 Å². The minimum absolute atomic E-state index is 0.289. The Labute approximate surface area is 135 Å². The molecule has 0 N–H and O–H groups in total. The van der Waals surface area contributed by atoms with Crippen LogP contribution in [-0.4, -0.2) is 23.0 Å². The van der Waals surface area contributed by atoms with E-state index >= 15 is 0 Å². The van der Waals surface area contributed by atoms with Gasteiger partial charge in [0.2, 0.25) is 0 Å². The van der Waals surface area contributed by atoms with Gasteiger partial charge in [-0.25, -0.2) is 9.45 Å². The number of oxime groups is 1. The summed E-state index contributed by atoms with van der Waals surface area (Å²) >= 11 is 0. The van der Waals surface area contributed by atoms with Crippen LogP contribution < -0.4 is 0 Å². The van der Waals surface area contributed by atoms with E-state index in [1.807, 2.05) is 44.2 Å². The molecule has 0 unspecified atom stereocenters. The lowest BCUT2D eigenvalue weighted by Crippen LogP contribution is -2.47. The fourth-order valence-corrected chi connectivity index (χ4v) is 2.29. The average molecular weight is 314 g/mol. The van der Waals surface area contributed by atoms with Gasteiger partial charge in [0.15, 0.2) is 11.4 Å². The van der Waals surface area contributed by atoms with E-state index in [1.165, 1.54) is 12.1 Å². The van der Waals surface area contributed by atoms with Crippen LogP contribution in [0.1, 0.15) is 25.0 Å². The molecule has 1 aliphatic heterocycles. The number of hydrogen-bond acceptors (Lipinski definition) is 4. The summed E-state index contributed by atoms with van der Waals surface area (Å²) in [6.45, 7) is 4.83. The second-order valence-corrected chi connectivity index (χ2v) is 6.07. The summed E-state index contributed by atoms with van der Waals surface area (Å²) in [7, 11) is 0. The Morgan fingerprint density at radius 3 is 2.52 bits per heavy atom. The fraction of sp³-hybridized carbons (Fsp3) is 0.278. The van der Waals surface area contributed by atoms with Crippen molar-refractivity contribution in [2.45, 2.75) is 26.1 Å². The summed E-state index contributed by atoms with van der Waals surface area (Å²) in [5.41, 5.74) is 1.35. The molecule has 0 radical (unpaired) electrons. The Morgan fingerprint density at radius 2 is 1.83 bits per heavy atom. The number of hydroxylamine groups is 2. The lowest BCUT2D eigenvalue weighted by Gasteiger charge is -2.36. The Morgan fingerprint density at radius 1 is 1.13 bits per heavy atom. The summed E-state index contributed by atoms with van der Waals surface area (Å²) in [5.74, 6) is 0.253. The smallest absolute Gasteiger partial charge is 0.199 e. The van der Waals surface area contributed by atoms with Crippen LogP contribution in [0.4, 0.5) is 4.39 Å². The first-order valence-electron chi connectivity index (χ1n) is 7.50. The fourth-order valence-electron chi connectivity index (χ4n) is 2.29. The highest BCUT2D eigenvalue weighted by atomic mass is 19.1. The van der Waals surface area contributed by atoms with Crippen molar-refractivity contribution in [2.75, 3.05) is 6.54 Å². The Hall–Kier alpha value is -2.40. The zero-order valence-electron chi connectivity index (χ0n) is 13.2. The predicted octanol–water partition coefficient (Wildman–Crippen LogP) is 3.73. The third-order valence-corrected chi connectivity index (χ3v) is 3.47. The monoisotopic (exact) mass is 314 g/mol. The number of halogens is 1. The van der Waals surface area contributed by atoms with Crippen molar-refractivity contribution in [3.8, 4) is 0 Å². The summed E-state index contributed by atoms with van der Waals surface area (Å²) in [6, 6.07) is 16.0. The van der Waals surface area contributed by atoms with Crippen LogP contribution in [0.25, 0.3) is 0 Å². The summed E-state index contributed by atoms with van der Waals surface area (Å²) < 4.78 is 13.1. The van der Waals surface area contributed by atoms with Crippen molar-refractivity contribution in [3.05, 3.63) is 71.5 Å². The second kappa shape index (κ2) is 6.38. The van der Waals surface area contributed by atoms with Gasteiger partial charge in [-0.15, -0.1) is 0 Å². The molecular weight excluding hydrogens is 295 g/mol. The molecule has 1 heterocycles. The first-order valence-corrected chi connectivity index (χ1v) is 7.50. The zero-order valence-corrected chi connectivity index (χ0v) is 13.2. The number of rotatable bonds is 4. The molecule has 4 nitrogen and oxygen atoms in total. The van der Waals surface area contributed by atoms with Crippen molar-refractivity contribution in [1.29, 1.82) is 0 Å². The van der Waals surface area contributed by atoms with Gasteiger partial charge in [-0.2, -0.15) is 0 Å². The molecule has 23 heavy (non-hydrogen) atoms. The average Bonchev–Trinajstić information content (AvgIpc) is 2.54. The van der Waals surface area contributed by atoms with Gasteiger partial charge in [0, 0.05) is 5.56 Å². The highest BCUT2D eigenvalue weighted by molar-refractivity contribution is 5.98. The maximum Gasteiger partial charge on any atom is 0.199 e. The quantitative estimate of drug-likeness (QED) is 0.862. The second-order valence-electron chi connectivity index (χ2n) is 6.07. The molecule has 5 heteroatoms. The molecule has 0 bridgehead atoms. The molecule has 1 aliphatic rings. The van der Waals surface area contributed by atoms with Crippen LogP contribution in [0.2, 0.25) is 0 Å². The normalized spacial score (nSPS) is 16.7. The summed E-state index contributed by atoms with van der Waals surface area (Å²) in [6.07, 6.45) is 0. The maximum absolute atomic E-state index is 13.1. The molecule has 0 amide bonds. The molecule has 2 aromatic carbocycles. The SMILES string of the molecule is CC1(C)CN(OCc2ccccc2)C(c2ccc(F)cc2)=NO1. The molecule has 0 aromatic heterocycles. The molecule has 0 saturated heterocycles. The van der Waals surface area contributed by atoms with Crippen molar-refractivity contribution < 1.29 is 14.1 Å². The molecule has 0 aliphatic carbocycles. The lowest BCUT2D eigenvalue weighted by molar-refractivity contribution is -0.173. The summed E-state index contributed by atoms with van der Waals surface area (Å²) in [4.78, 5) is 11.4. The standard InChI is InChI=1S/C18H19FN2O2/c1-18(2)13-21(22-12-14-6-4-3-5-7-14)17(20-23-18)15-8-10-16(19)11-9-15/h3-11H,12-13H2,1-2H3. The van der Waals surface area contributed by atoms with Crippen LogP contribution in [0, 0.1) is 5.82 Å². The number of hydrogen-bond donors (Lipinski definition) is 0. The highest BCUT2D eigenvalue weighted by Gasteiger charge is 2.32. The molecule has 0 spiro atoms. The molecule has 2 aromatic rings. The van der Waals surface area contributed by atoms with Gasteiger partial charge >= 0.3 is 0 Å². The van der Waals surface area contributed by atoms with E-state index in [0.717, 1.165) is 11.1 Å². The minimum atomic E-state index is -0.458. The van der Waals surface area contributed by atoms with Gasteiger partial charge in [0.05, 0.1) is 13.2 Å². The Bertz CT molecular complexity index is 684. The Kier molecular flexibility index (Phi) is 4.30. The van der Waals surface area contributed by atoms with Crippen molar-refractivity contribution in [1.82, 2.24) is 5.06 Å². The largest absolute Gasteiger partial charge is 0.386 e. The van der Waals surface area contributed by atoms with Crippen LogP contribution in [0.3, 0.4) is 0 Å². The topological polar surface area (TPSA) is 34.1 Å². The highest BCUT2D eigenvalue weighted by Crippen LogP contribution is 2.22. The third kappa shape index (κ3) is 3.87. The van der Waals surface area contributed by atoms with E-state index in [9.17, 15) is 4.39 Å². The molecule has 0 saturated carbocycles. The molecule has 120 valence electrons. The van der Waals surface area contributed by atoms with E-state index in [2.05, 4.69) is 5.16 Å². The van der Waals surface area contributed by atoms with Crippen LogP contribution in [0.5, 0.6) is 0 Å². The van der Waals surface area contributed by atoms with Gasteiger partial charge in [-0.3, -0.25) is 4.84 Å². The van der Waals surface area contributed by atoms with Crippen LogP contribution in [0.15, 0.2) is 59.8 Å². The van der Waals surface area contributed by atoms with Crippen molar-refractivity contribution in [2.24, 2.45) is 5.16 Å². The minimum Gasteiger partial charge on any atom is -0.386 e. The summed E-state index contributed by atoms with van der Waals surface area (Å²) in [5, 5.41) is 5.88. The van der Waals surface area contributed by atoms with Gasteiger partial charge in [-0.1, -0.05) is 35.5 Å². The molecule has 0 fully saturated rings. The van der Waals surface area contributed by atoms with Gasteiger partial charge in [0.1, 0.15) is 5.82 Å². The van der Waals surface area contributed by atoms with E-state index in [0.29, 0.717) is 19.0 Å². The molecule has 0 atom stereocenters. The Balaban J connectivity index is 1.80. The number of amidine groups is 1. The van der Waals surface area contributed by atoms with E-state index in [1.54, 1.807) is 17.2 Å². The zero-order chi connectivity index (χ0) is 16.3. The number of nitrogens with zero attached hydrogens (tertiary/aromatic N) is 2. The number of benzene rings is 2. The van der Waals surface area contributed by atoms with E-state index in [-0.39, 0.29) is 5.82 Å². The first kappa shape index (κ1) is 15.5. The maximum atomic E-state index is 13.1. The van der Waals surface area contributed by atoms with Gasteiger partial charge in [-0.05, 0) is 43.7 Å². The predicted molar refractivity (Wildman–Crippen MR) is 86.0 cm³/mol. The van der Waals surface area contributed by atoms with Crippen LogP contribution >= 0.6 is 0 Å². The third-order valence-electron chi connectivity index (χ3n) is 3.47. The van der Waals surface area contributed by atoms with Gasteiger partial charge < -0.3 is 4.84 Å². The van der Waals surface area contributed by atoms with Crippen molar-refractivity contribution >= 4 is 5.84 Å². The van der Waals surface area contributed by atoms with E-state index in [4.69, 9.17) is 9.68 Å². The molecule has 3 rings (SSSR count). The van der Waals surface area contributed by atoms with E-state index < -0.39 is 5.60 Å². The van der Waals surface area contributed by atoms with Crippen LogP contribution in [-0.2, 0) is 16.3 Å². The lowest BCUT2D eigenvalue weighted by atomic mass is 10.1. The molecular formula is C18H19FN2O2. The van der Waals surface area contributed by atoms with Crippen molar-refractivity contribution in [3.63, 3.8) is 0 Å². The first-order chi connectivity index (χ1) is 11.0.